The van der Waals surface area contributed by atoms with Gasteiger partial charge in [-0.3, -0.25) is 9.89 Å². The van der Waals surface area contributed by atoms with Gasteiger partial charge >= 0.3 is 6.09 Å². The summed E-state index contributed by atoms with van der Waals surface area (Å²) >= 11 is 0. The first-order valence-electron chi connectivity index (χ1n) is 8.37. The number of ether oxygens (including phenoxy) is 1. The van der Waals surface area contributed by atoms with Gasteiger partial charge in [-0.05, 0) is 18.1 Å². The zero-order valence-corrected chi connectivity index (χ0v) is 13.9. The highest BCUT2D eigenvalue weighted by molar-refractivity contribution is 5.97. The maximum Gasteiger partial charge on any atom is 0.415 e. The van der Waals surface area contributed by atoms with Crippen molar-refractivity contribution in [3.63, 3.8) is 0 Å². The van der Waals surface area contributed by atoms with Gasteiger partial charge in [-0.1, -0.05) is 60.7 Å². The lowest BCUT2D eigenvalue weighted by molar-refractivity contribution is 0.130. The van der Waals surface area contributed by atoms with Crippen LogP contribution >= 0.6 is 0 Å². The molecule has 1 amide bonds. The normalized spacial score (nSPS) is 13.9. The summed E-state index contributed by atoms with van der Waals surface area (Å²) in [6, 6.07) is 20.7. The first kappa shape index (κ1) is 16.2. The second kappa shape index (κ2) is 7.77. The number of hydrogen-bond acceptors (Lipinski definition) is 3. The molecule has 1 heterocycles. The summed E-state index contributed by atoms with van der Waals surface area (Å²) < 4.78 is 5.16. The molecule has 0 aromatic heterocycles. The molecule has 4 heteroatoms. The minimum absolute atomic E-state index is 0.168. The Labute approximate surface area is 142 Å². The van der Waals surface area contributed by atoms with Gasteiger partial charge in [0, 0.05) is 12.3 Å². The van der Waals surface area contributed by atoms with Crippen molar-refractivity contribution < 1.29 is 9.53 Å². The van der Waals surface area contributed by atoms with E-state index in [0.717, 1.165) is 5.84 Å². The fourth-order valence-electron chi connectivity index (χ4n) is 3.05. The van der Waals surface area contributed by atoms with Crippen molar-refractivity contribution in [1.82, 2.24) is 4.90 Å². The molecule has 0 saturated heterocycles. The first-order valence-corrected chi connectivity index (χ1v) is 8.37. The van der Waals surface area contributed by atoms with E-state index < -0.39 is 0 Å². The van der Waals surface area contributed by atoms with Crippen molar-refractivity contribution in [2.45, 2.75) is 19.3 Å². The highest BCUT2D eigenvalue weighted by Gasteiger charge is 2.28. The van der Waals surface area contributed by atoms with Crippen molar-refractivity contribution in [2.75, 3.05) is 19.7 Å². The van der Waals surface area contributed by atoms with Gasteiger partial charge in [-0.25, -0.2) is 4.79 Å². The molecule has 124 valence electrons. The van der Waals surface area contributed by atoms with E-state index in [-0.39, 0.29) is 12.0 Å². The molecule has 2 aromatic carbocycles. The Kier molecular flexibility index (Phi) is 5.26. The Morgan fingerprint density at radius 3 is 2.21 bits per heavy atom. The van der Waals surface area contributed by atoms with Gasteiger partial charge in [0.1, 0.15) is 5.84 Å². The Bertz CT molecular complexity index is 659. The molecule has 1 aliphatic heterocycles. The minimum atomic E-state index is -0.298. The number of aliphatic imine (C=N–C) groups is 1. The van der Waals surface area contributed by atoms with Gasteiger partial charge < -0.3 is 4.74 Å². The monoisotopic (exact) mass is 322 g/mol. The zero-order chi connectivity index (χ0) is 16.8. The second-order valence-corrected chi connectivity index (χ2v) is 5.73. The highest BCUT2D eigenvalue weighted by Crippen LogP contribution is 2.29. The van der Waals surface area contributed by atoms with E-state index in [4.69, 9.17) is 4.74 Å². The number of carbonyl (C=O) groups is 1. The van der Waals surface area contributed by atoms with Crippen molar-refractivity contribution in [3.8, 4) is 0 Å². The predicted molar refractivity (Wildman–Crippen MR) is 95.4 cm³/mol. The molecule has 0 radical (unpaired) electrons. The molecule has 0 N–H and O–H groups in total. The molecule has 4 nitrogen and oxygen atoms in total. The third-order valence-corrected chi connectivity index (χ3v) is 4.21. The van der Waals surface area contributed by atoms with Crippen LogP contribution in [-0.2, 0) is 4.74 Å². The Morgan fingerprint density at radius 2 is 1.67 bits per heavy atom. The van der Waals surface area contributed by atoms with Crippen LogP contribution in [0.1, 0.15) is 30.4 Å². The van der Waals surface area contributed by atoms with Gasteiger partial charge in [0.05, 0.1) is 19.7 Å². The van der Waals surface area contributed by atoms with Crippen LogP contribution in [-0.4, -0.2) is 36.5 Å². The van der Waals surface area contributed by atoms with Gasteiger partial charge in [0.15, 0.2) is 0 Å². The van der Waals surface area contributed by atoms with Crippen LogP contribution in [0.4, 0.5) is 4.79 Å². The van der Waals surface area contributed by atoms with Crippen LogP contribution < -0.4 is 0 Å². The lowest BCUT2D eigenvalue weighted by atomic mass is 9.88. The van der Waals surface area contributed by atoms with Gasteiger partial charge in [-0.15, -0.1) is 0 Å². The number of amides is 1. The third-order valence-electron chi connectivity index (χ3n) is 4.21. The standard InChI is InChI=1S/C20H22N2O2/c1-2-24-20(23)22-14-13-21-19(22)15-18(16-9-5-3-6-10-16)17-11-7-4-8-12-17/h3-12,18H,2,13-15H2,1H3. The summed E-state index contributed by atoms with van der Waals surface area (Å²) in [5.41, 5.74) is 2.45. The average molecular weight is 322 g/mol. The van der Waals surface area contributed by atoms with Crippen LogP contribution in [0.15, 0.2) is 65.7 Å². The fourth-order valence-corrected chi connectivity index (χ4v) is 3.05. The molecule has 0 spiro atoms. The summed E-state index contributed by atoms with van der Waals surface area (Å²) in [4.78, 5) is 18.4. The number of carbonyl (C=O) groups excluding carboxylic acids is 1. The van der Waals surface area contributed by atoms with Crippen LogP contribution in [0.25, 0.3) is 0 Å². The van der Waals surface area contributed by atoms with Gasteiger partial charge in [0.2, 0.25) is 0 Å². The predicted octanol–water partition coefficient (Wildman–Crippen LogP) is 4.08. The van der Waals surface area contributed by atoms with E-state index in [1.807, 2.05) is 43.3 Å². The topological polar surface area (TPSA) is 41.9 Å². The van der Waals surface area contributed by atoms with Crippen molar-refractivity contribution in [2.24, 2.45) is 4.99 Å². The Morgan fingerprint density at radius 1 is 1.08 bits per heavy atom. The molecule has 0 fully saturated rings. The smallest absolute Gasteiger partial charge is 0.415 e. The molecular formula is C20H22N2O2. The minimum Gasteiger partial charge on any atom is -0.449 e. The summed E-state index contributed by atoms with van der Waals surface area (Å²) in [6.45, 7) is 3.44. The average Bonchev–Trinajstić information content (AvgIpc) is 3.10. The quantitative estimate of drug-likeness (QED) is 0.832. The van der Waals surface area contributed by atoms with E-state index >= 15 is 0 Å². The molecule has 0 saturated carbocycles. The van der Waals surface area contributed by atoms with Crippen LogP contribution in [0.3, 0.4) is 0 Å². The molecule has 0 atom stereocenters. The van der Waals surface area contributed by atoms with Crippen LogP contribution in [0.2, 0.25) is 0 Å². The van der Waals surface area contributed by atoms with Crippen LogP contribution in [0.5, 0.6) is 0 Å². The Balaban J connectivity index is 1.86. The number of benzene rings is 2. The second-order valence-electron chi connectivity index (χ2n) is 5.73. The van der Waals surface area contributed by atoms with E-state index in [1.165, 1.54) is 11.1 Å². The fraction of sp³-hybridized carbons (Fsp3) is 0.300. The molecule has 0 unspecified atom stereocenters. The highest BCUT2D eigenvalue weighted by atomic mass is 16.6. The van der Waals surface area contributed by atoms with Gasteiger partial charge in [-0.2, -0.15) is 0 Å². The van der Waals surface area contributed by atoms with Crippen molar-refractivity contribution in [1.29, 1.82) is 0 Å². The number of hydrogen-bond donors (Lipinski definition) is 0. The molecule has 0 bridgehead atoms. The van der Waals surface area contributed by atoms with Crippen LogP contribution in [0, 0.1) is 0 Å². The molecular weight excluding hydrogens is 300 g/mol. The summed E-state index contributed by atoms with van der Waals surface area (Å²) in [5.74, 6) is 0.979. The summed E-state index contributed by atoms with van der Waals surface area (Å²) in [5, 5.41) is 0. The summed E-state index contributed by atoms with van der Waals surface area (Å²) in [7, 11) is 0. The number of nitrogens with zero attached hydrogens (tertiary/aromatic N) is 2. The van der Waals surface area contributed by atoms with Gasteiger partial charge in [0.25, 0.3) is 0 Å². The zero-order valence-electron chi connectivity index (χ0n) is 13.9. The Hall–Kier alpha value is -2.62. The molecule has 1 aliphatic rings. The maximum absolute atomic E-state index is 12.1. The van der Waals surface area contributed by atoms with Crippen molar-refractivity contribution in [3.05, 3.63) is 71.8 Å². The molecule has 0 aliphatic carbocycles. The molecule has 24 heavy (non-hydrogen) atoms. The molecule has 2 aromatic rings. The lowest BCUT2D eigenvalue weighted by Crippen LogP contribution is -2.35. The SMILES string of the molecule is CCOC(=O)N1CCN=C1CC(c1ccccc1)c1ccccc1. The maximum atomic E-state index is 12.1. The third kappa shape index (κ3) is 3.65. The number of rotatable bonds is 5. The first-order chi connectivity index (χ1) is 11.8. The lowest BCUT2D eigenvalue weighted by Gasteiger charge is -2.23. The van der Waals surface area contributed by atoms with E-state index in [2.05, 4.69) is 29.3 Å². The number of amidine groups is 1. The van der Waals surface area contributed by atoms with E-state index in [9.17, 15) is 4.79 Å². The van der Waals surface area contributed by atoms with E-state index in [1.54, 1.807) is 4.90 Å². The van der Waals surface area contributed by atoms with Crippen molar-refractivity contribution >= 4 is 11.9 Å². The summed E-state index contributed by atoms with van der Waals surface area (Å²) in [6.07, 6.45) is 0.390. The van der Waals surface area contributed by atoms with E-state index in [0.29, 0.717) is 26.1 Å². The largest absolute Gasteiger partial charge is 0.449 e. The molecule has 3 rings (SSSR count).